The highest BCUT2D eigenvalue weighted by Crippen LogP contribution is 2.35. The number of rotatable bonds is 3. The Bertz CT molecular complexity index is 863. The Balaban J connectivity index is 2.06. The fourth-order valence-electron chi connectivity index (χ4n) is 2.32. The quantitative estimate of drug-likeness (QED) is 0.734. The number of ketones is 1. The van der Waals surface area contributed by atoms with Gasteiger partial charge >= 0.3 is 6.36 Å². The third-order valence-corrected chi connectivity index (χ3v) is 3.37. The van der Waals surface area contributed by atoms with Crippen LogP contribution >= 0.6 is 0 Å². The number of carbonyl (C=O) groups is 1. The normalized spacial score (nSPS) is 13.9. The van der Waals surface area contributed by atoms with Crippen molar-refractivity contribution in [2.45, 2.75) is 6.36 Å². The van der Waals surface area contributed by atoms with Crippen molar-refractivity contribution >= 4 is 17.2 Å². The van der Waals surface area contributed by atoms with Crippen LogP contribution in [0.15, 0.2) is 77.8 Å². The number of allylic oxidation sites excluding steroid dienone is 4. The predicted octanol–water partition coefficient (Wildman–Crippen LogP) is 5.02. The maximum atomic E-state index is 12.5. The first-order valence-electron chi connectivity index (χ1n) is 7.35. The van der Waals surface area contributed by atoms with Crippen molar-refractivity contribution in [1.82, 2.24) is 0 Å². The molecule has 0 bridgehead atoms. The van der Waals surface area contributed by atoms with E-state index in [0.717, 1.165) is 0 Å². The van der Waals surface area contributed by atoms with E-state index in [4.69, 9.17) is 0 Å². The van der Waals surface area contributed by atoms with E-state index >= 15 is 0 Å². The average Bonchev–Trinajstić information content (AvgIpc) is 2.58. The molecule has 0 heterocycles. The molecule has 0 N–H and O–H groups in total. The Morgan fingerprint density at radius 3 is 2.20 bits per heavy atom. The Morgan fingerprint density at radius 2 is 1.56 bits per heavy atom. The van der Waals surface area contributed by atoms with Gasteiger partial charge in [-0.25, -0.2) is 4.99 Å². The summed E-state index contributed by atoms with van der Waals surface area (Å²) in [6, 6.07) is 12.9. The van der Waals surface area contributed by atoms with E-state index in [-0.39, 0.29) is 11.5 Å². The standard InChI is InChI=1S/C19H12F3NO2/c20-19(21,22)25-16-10-11-18(23-14-6-8-15(24)9-7-14)17(12-16)13-4-2-1-3-5-13/h1-12H. The molecule has 0 aliphatic heterocycles. The van der Waals surface area contributed by atoms with Crippen LogP contribution in [0.5, 0.6) is 5.75 Å². The molecule has 0 atom stereocenters. The summed E-state index contributed by atoms with van der Waals surface area (Å²) < 4.78 is 41.5. The lowest BCUT2D eigenvalue weighted by Crippen LogP contribution is -2.17. The summed E-state index contributed by atoms with van der Waals surface area (Å²) >= 11 is 0. The molecule has 2 aromatic rings. The topological polar surface area (TPSA) is 38.7 Å². The average molecular weight is 343 g/mol. The Labute approximate surface area is 141 Å². The molecule has 126 valence electrons. The largest absolute Gasteiger partial charge is 0.573 e. The molecular weight excluding hydrogens is 331 g/mol. The van der Waals surface area contributed by atoms with Crippen molar-refractivity contribution in [3.63, 3.8) is 0 Å². The molecule has 6 heteroatoms. The van der Waals surface area contributed by atoms with Crippen LogP contribution in [0, 0.1) is 0 Å². The van der Waals surface area contributed by atoms with Gasteiger partial charge < -0.3 is 4.74 Å². The number of aliphatic imine (C=N–C) groups is 1. The van der Waals surface area contributed by atoms with Gasteiger partial charge in [-0.1, -0.05) is 30.3 Å². The highest BCUT2D eigenvalue weighted by Gasteiger charge is 2.31. The SMILES string of the molecule is O=C1C=CC(=Nc2ccc(OC(F)(F)F)cc2-c2ccccc2)C=C1. The predicted molar refractivity (Wildman–Crippen MR) is 88.9 cm³/mol. The second kappa shape index (κ2) is 6.76. The zero-order chi connectivity index (χ0) is 17.9. The molecule has 1 aliphatic carbocycles. The van der Waals surface area contributed by atoms with Gasteiger partial charge in [-0.05, 0) is 48.1 Å². The molecule has 0 radical (unpaired) electrons. The van der Waals surface area contributed by atoms with Crippen molar-refractivity contribution in [3.05, 3.63) is 72.8 Å². The minimum absolute atomic E-state index is 0.142. The maximum absolute atomic E-state index is 12.5. The first kappa shape index (κ1) is 16.7. The minimum atomic E-state index is -4.77. The van der Waals surface area contributed by atoms with E-state index in [1.807, 2.05) is 6.07 Å². The summed E-state index contributed by atoms with van der Waals surface area (Å²) in [6.45, 7) is 0. The van der Waals surface area contributed by atoms with Gasteiger partial charge in [-0.2, -0.15) is 0 Å². The summed E-state index contributed by atoms with van der Waals surface area (Å²) in [5.41, 5.74) is 2.20. The van der Waals surface area contributed by atoms with Crippen molar-refractivity contribution in [3.8, 4) is 16.9 Å². The molecular formula is C19H12F3NO2. The highest BCUT2D eigenvalue weighted by molar-refractivity contribution is 6.17. The fraction of sp³-hybridized carbons (Fsp3) is 0.0526. The number of ether oxygens (including phenoxy) is 1. The van der Waals surface area contributed by atoms with Gasteiger partial charge in [0.05, 0.1) is 11.4 Å². The van der Waals surface area contributed by atoms with E-state index < -0.39 is 6.36 Å². The molecule has 3 nitrogen and oxygen atoms in total. The van der Waals surface area contributed by atoms with Crippen molar-refractivity contribution < 1.29 is 22.7 Å². The highest BCUT2D eigenvalue weighted by atomic mass is 19.4. The van der Waals surface area contributed by atoms with Crippen molar-refractivity contribution in [2.24, 2.45) is 4.99 Å². The van der Waals surface area contributed by atoms with Crippen LogP contribution in [-0.4, -0.2) is 17.9 Å². The monoisotopic (exact) mass is 343 g/mol. The Hall–Kier alpha value is -3.15. The second-order valence-corrected chi connectivity index (χ2v) is 5.20. The molecule has 0 saturated heterocycles. The Kier molecular flexibility index (Phi) is 4.52. The van der Waals surface area contributed by atoms with Gasteiger partial charge in [-0.3, -0.25) is 4.79 Å². The zero-order valence-electron chi connectivity index (χ0n) is 12.8. The number of hydrogen-bond donors (Lipinski definition) is 0. The molecule has 3 rings (SSSR count). The number of alkyl halides is 3. The summed E-state index contributed by atoms with van der Waals surface area (Å²) in [5.74, 6) is -0.462. The lowest BCUT2D eigenvalue weighted by molar-refractivity contribution is -0.274. The zero-order valence-corrected chi connectivity index (χ0v) is 12.8. The van der Waals surface area contributed by atoms with Crippen LogP contribution in [0.1, 0.15) is 0 Å². The fourth-order valence-corrected chi connectivity index (χ4v) is 2.32. The number of benzene rings is 2. The van der Waals surface area contributed by atoms with Gasteiger partial charge in [0.2, 0.25) is 0 Å². The Morgan fingerprint density at radius 1 is 0.880 bits per heavy atom. The van der Waals surface area contributed by atoms with E-state index in [0.29, 0.717) is 22.5 Å². The van der Waals surface area contributed by atoms with Crippen LogP contribution in [0.25, 0.3) is 11.1 Å². The number of nitrogens with zero attached hydrogens (tertiary/aromatic N) is 1. The minimum Gasteiger partial charge on any atom is -0.406 e. The molecule has 0 aromatic heterocycles. The number of carbonyl (C=O) groups excluding carboxylic acids is 1. The third-order valence-electron chi connectivity index (χ3n) is 3.37. The second-order valence-electron chi connectivity index (χ2n) is 5.20. The molecule has 0 spiro atoms. The van der Waals surface area contributed by atoms with Gasteiger partial charge in [0, 0.05) is 5.56 Å². The number of hydrogen-bond acceptors (Lipinski definition) is 3. The van der Waals surface area contributed by atoms with Gasteiger partial charge in [-0.15, -0.1) is 13.2 Å². The van der Waals surface area contributed by atoms with Crippen molar-refractivity contribution in [1.29, 1.82) is 0 Å². The summed E-state index contributed by atoms with van der Waals surface area (Å²) in [6.07, 6.45) is 1.09. The van der Waals surface area contributed by atoms with Crippen LogP contribution in [0.3, 0.4) is 0 Å². The van der Waals surface area contributed by atoms with Gasteiger partial charge in [0.1, 0.15) is 5.75 Å². The van der Waals surface area contributed by atoms with Crippen molar-refractivity contribution in [2.75, 3.05) is 0 Å². The molecule has 0 amide bonds. The molecule has 1 aliphatic rings. The van der Waals surface area contributed by atoms with E-state index in [2.05, 4.69) is 9.73 Å². The summed E-state index contributed by atoms with van der Waals surface area (Å²) in [5, 5.41) is 0. The molecule has 0 unspecified atom stereocenters. The smallest absolute Gasteiger partial charge is 0.406 e. The van der Waals surface area contributed by atoms with Crippen LogP contribution in [0.2, 0.25) is 0 Å². The van der Waals surface area contributed by atoms with Crippen LogP contribution < -0.4 is 4.74 Å². The third kappa shape index (κ3) is 4.44. The van der Waals surface area contributed by atoms with E-state index in [1.165, 1.54) is 30.4 Å². The van der Waals surface area contributed by atoms with E-state index in [9.17, 15) is 18.0 Å². The lowest BCUT2D eigenvalue weighted by Gasteiger charge is -2.12. The molecule has 0 saturated carbocycles. The first-order chi connectivity index (χ1) is 11.9. The molecule has 2 aromatic carbocycles. The first-order valence-corrected chi connectivity index (χ1v) is 7.35. The lowest BCUT2D eigenvalue weighted by atomic mass is 10.0. The van der Waals surface area contributed by atoms with Gasteiger partial charge in [0.25, 0.3) is 0 Å². The van der Waals surface area contributed by atoms with Crippen LogP contribution in [-0.2, 0) is 4.79 Å². The maximum Gasteiger partial charge on any atom is 0.573 e. The van der Waals surface area contributed by atoms with Crippen LogP contribution in [0.4, 0.5) is 18.9 Å². The number of halogens is 3. The summed E-state index contributed by atoms with van der Waals surface area (Å²) in [7, 11) is 0. The van der Waals surface area contributed by atoms with E-state index in [1.54, 1.807) is 36.4 Å². The summed E-state index contributed by atoms with van der Waals surface area (Å²) in [4.78, 5) is 15.6. The van der Waals surface area contributed by atoms with Gasteiger partial charge in [0.15, 0.2) is 5.78 Å². The molecule has 0 fully saturated rings. The molecule has 25 heavy (non-hydrogen) atoms.